The molecule has 22 heavy (non-hydrogen) atoms. The smallest absolute Gasteiger partial charge is 0.0691 e. The van der Waals surface area contributed by atoms with E-state index >= 15 is 0 Å². The Hall–Kier alpha value is 0.650. The van der Waals surface area contributed by atoms with Gasteiger partial charge in [-0.1, -0.05) is 50.3 Å². The number of alkyl halides is 1. The lowest BCUT2D eigenvalue weighted by atomic mass is 9.67. The van der Waals surface area contributed by atoms with Gasteiger partial charge < -0.3 is 9.47 Å². The van der Waals surface area contributed by atoms with Crippen LogP contribution in [0.25, 0.3) is 0 Å². The van der Waals surface area contributed by atoms with Crippen molar-refractivity contribution >= 4 is 22.6 Å². The fourth-order valence-electron chi connectivity index (χ4n) is 5.41. The largest absolute Gasteiger partial charge is 0.374 e. The van der Waals surface area contributed by atoms with Gasteiger partial charge in [-0.05, 0) is 44.9 Å². The van der Waals surface area contributed by atoms with Gasteiger partial charge in [0.05, 0.1) is 23.4 Å². The molecule has 0 aromatic heterocycles. The predicted octanol–water partition coefficient (Wildman–Crippen LogP) is 5.23. The summed E-state index contributed by atoms with van der Waals surface area (Å²) in [6, 6.07) is 0. The SMILES string of the molecule is CC1CC(OC2CC3(C)CC2C(C)(C)O3)C(C)(CI)C1(C)C. The molecule has 0 radical (unpaired) electrons. The highest BCUT2D eigenvalue weighted by atomic mass is 127. The molecule has 3 heteroatoms. The van der Waals surface area contributed by atoms with E-state index in [1.54, 1.807) is 0 Å². The Morgan fingerprint density at radius 3 is 2.23 bits per heavy atom. The second-order valence-corrected chi connectivity index (χ2v) is 10.5. The number of ether oxygens (including phenoxy) is 2. The summed E-state index contributed by atoms with van der Waals surface area (Å²) in [6.45, 7) is 16.5. The molecule has 3 rings (SSSR count). The van der Waals surface area contributed by atoms with E-state index in [-0.39, 0.29) is 16.6 Å². The molecule has 2 saturated carbocycles. The molecule has 0 aromatic rings. The maximum absolute atomic E-state index is 6.83. The van der Waals surface area contributed by atoms with E-state index in [1.807, 2.05) is 0 Å². The van der Waals surface area contributed by atoms with Crippen LogP contribution in [0.15, 0.2) is 0 Å². The van der Waals surface area contributed by atoms with Crippen molar-refractivity contribution in [3.63, 3.8) is 0 Å². The molecule has 0 amide bonds. The Bertz CT molecular complexity index is 458. The van der Waals surface area contributed by atoms with E-state index in [0.717, 1.165) is 18.8 Å². The van der Waals surface area contributed by atoms with E-state index in [0.29, 0.717) is 23.5 Å². The third-order valence-corrected chi connectivity index (χ3v) is 9.32. The fraction of sp³-hybridized carbons (Fsp3) is 1.00. The highest BCUT2D eigenvalue weighted by molar-refractivity contribution is 14.1. The molecule has 1 saturated heterocycles. The Kier molecular flexibility index (Phi) is 4.03. The monoisotopic (exact) mass is 420 g/mol. The first-order valence-electron chi connectivity index (χ1n) is 8.87. The Morgan fingerprint density at radius 2 is 1.73 bits per heavy atom. The van der Waals surface area contributed by atoms with Gasteiger partial charge in [0.15, 0.2) is 0 Å². The highest BCUT2D eigenvalue weighted by Crippen LogP contribution is 2.60. The molecule has 3 aliphatic rings. The van der Waals surface area contributed by atoms with Crippen molar-refractivity contribution in [3.8, 4) is 0 Å². The second kappa shape index (κ2) is 5.08. The van der Waals surface area contributed by atoms with Crippen LogP contribution in [0.1, 0.15) is 67.7 Å². The zero-order valence-electron chi connectivity index (χ0n) is 15.3. The van der Waals surface area contributed by atoms with Crippen LogP contribution in [0.3, 0.4) is 0 Å². The lowest BCUT2D eigenvalue weighted by Crippen LogP contribution is -2.48. The van der Waals surface area contributed by atoms with Crippen molar-refractivity contribution < 1.29 is 9.47 Å². The van der Waals surface area contributed by atoms with Crippen LogP contribution in [-0.4, -0.2) is 27.8 Å². The van der Waals surface area contributed by atoms with Gasteiger partial charge >= 0.3 is 0 Å². The normalized spacial score (nSPS) is 52.4. The molecule has 2 aliphatic carbocycles. The van der Waals surface area contributed by atoms with Crippen LogP contribution in [0, 0.1) is 22.7 Å². The Balaban J connectivity index is 1.80. The Labute approximate surface area is 150 Å². The van der Waals surface area contributed by atoms with Crippen LogP contribution in [0.5, 0.6) is 0 Å². The van der Waals surface area contributed by atoms with Gasteiger partial charge in [0.1, 0.15) is 0 Å². The average molecular weight is 420 g/mol. The standard InChI is InChI=1S/C19H33IO2/c1-12-8-15(19(7,11-20)16(12,2)3)21-14-10-18(6)9-13(14)17(4,5)22-18/h12-15H,8-11H2,1-7H3. The van der Waals surface area contributed by atoms with Crippen LogP contribution in [0.2, 0.25) is 0 Å². The van der Waals surface area contributed by atoms with Crippen LogP contribution in [-0.2, 0) is 9.47 Å². The zero-order valence-corrected chi connectivity index (χ0v) is 17.5. The highest BCUT2D eigenvalue weighted by Gasteiger charge is 2.62. The molecule has 0 spiro atoms. The van der Waals surface area contributed by atoms with Gasteiger partial charge in [-0.2, -0.15) is 0 Å². The first-order chi connectivity index (χ1) is 9.95. The van der Waals surface area contributed by atoms with E-state index in [2.05, 4.69) is 71.1 Å². The quantitative estimate of drug-likeness (QED) is 0.460. The van der Waals surface area contributed by atoms with Crippen molar-refractivity contribution in [3.05, 3.63) is 0 Å². The number of hydrogen-bond acceptors (Lipinski definition) is 2. The molecule has 6 unspecified atom stereocenters. The number of halogens is 1. The van der Waals surface area contributed by atoms with Crippen LogP contribution in [0.4, 0.5) is 0 Å². The summed E-state index contributed by atoms with van der Waals surface area (Å²) >= 11 is 2.57. The minimum absolute atomic E-state index is 0.0296. The minimum atomic E-state index is -0.0296. The summed E-state index contributed by atoms with van der Waals surface area (Å²) < 4.78 is 14.3. The van der Waals surface area contributed by atoms with Gasteiger partial charge in [-0.25, -0.2) is 0 Å². The lowest BCUT2D eigenvalue weighted by molar-refractivity contribution is -0.181. The molecule has 2 nitrogen and oxygen atoms in total. The first-order valence-corrected chi connectivity index (χ1v) is 10.4. The molecule has 1 aliphatic heterocycles. The first kappa shape index (κ1) is 17.5. The summed E-state index contributed by atoms with van der Waals surface area (Å²) in [5.74, 6) is 1.27. The molecular formula is C19H33IO2. The van der Waals surface area contributed by atoms with Crippen LogP contribution >= 0.6 is 22.6 Å². The molecule has 0 N–H and O–H groups in total. The molecule has 1 heterocycles. The van der Waals surface area contributed by atoms with Crippen molar-refractivity contribution in [2.45, 2.75) is 91.1 Å². The molecule has 0 aromatic carbocycles. The lowest BCUT2D eigenvalue weighted by Gasteiger charge is -2.45. The van der Waals surface area contributed by atoms with Crippen molar-refractivity contribution in [2.75, 3.05) is 4.43 Å². The topological polar surface area (TPSA) is 18.5 Å². The second-order valence-electron chi connectivity index (χ2n) is 9.74. The Morgan fingerprint density at radius 1 is 1.09 bits per heavy atom. The maximum Gasteiger partial charge on any atom is 0.0691 e. The van der Waals surface area contributed by atoms with E-state index in [1.165, 1.54) is 10.8 Å². The van der Waals surface area contributed by atoms with Gasteiger partial charge in [0.25, 0.3) is 0 Å². The van der Waals surface area contributed by atoms with Gasteiger partial charge in [0.2, 0.25) is 0 Å². The van der Waals surface area contributed by atoms with E-state index < -0.39 is 0 Å². The molecule has 3 fully saturated rings. The minimum Gasteiger partial charge on any atom is -0.374 e. The predicted molar refractivity (Wildman–Crippen MR) is 99.5 cm³/mol. The fourth-order valence-corrected chi connectivity index (χ4v) is 6.88. The van der Waals surface area contributed by atoms with Crippen molar-refractivity contribution in [1.82, 2.24) is 0 Å². The number of fused-ring (bicyclic) bond motifs is 2. The zero-order chi connectivity index (χ0) is 16.6. The van der Waals surface area contributed by atoms with Crippen molar-refractivity contribution in [1.29, 1.82) is 0 Å². The van der Waals surface area contributed by atoms with Crippen molar-refractivity contribution in [2.24, 2.45) is 22.7 Å². The van der Waals surface area contributed by atoms with Crippen LogP contribution < -0.4 is 0 Å². The molecule has 6 atom stereocenters. The summed E-state index contributed by atoms with van der Waals surface area (Å²) in [4.78, 5) is 0. The molecule has 128 valence electrons. The van der Waals surface area contributed by atoms with E-state index in [9.17, 15) is 0 Å². The summed E-state index contributed by atoms with van der Waals surface area (Å²) in [7, 11) is 0. The summed E-state index contributed by atoms with van der Waals surface area (Å²) in [5, 5.41) is 0. The average Bonchev–Trinajstić information content (AvgIpc) is 2.89. The van der Waals surface area contributed by atoms with Gasteiger partial charge in [0, 0.05) is 22.2 Å². The number of hydrogen-bond donors (Lipinski definition) is 0. The third kappa shape index (κ3) is 2.32. The summed E-state index contributed by atoms with van der Waals surface area (Å²) in [5.41, 5.74) is 0.616. The van der Waals surface area contributed by atoms with Gasteiger partial charge in [-0.15, -0.1) is 0 Å². The number of rotatable bonds is 3. The molecule has 2 bridgehead atoms. The maximum atomic E-state index is 6.83. The third-order valence-electron chi connectivity index (χ3n) is 7.73. The van der Waals surface area contributed by atoms with Gasteiger partial charge in [-0.3, -0.25) is 0 Å². The molecular weight excluding hydrogens is 387 g/mol. The van der Waals surface area contributed by atoms with E-state index in [4.69, 9.17) is 9.47 Å². The summed E-state index contributed by atoms with van der Waals surface area (Å²) in [6.07, 6.45) is 4.20.